The summed E-state index contributed by atoms with van der Waals surface area (Å²) >= 11 is 0. The quantitative estimate of drug-likeness (QED) is 0.938. The van der Waals surface area contributed by atoms with E-state index in [1.54, 1.807) is 18.9 Å². The minimum Gasteiger partial charge on any atom is -0.342 e. The summed E-state index contributed by atoms with van der Waals surface area (Å²) in [6.07, 6.45) is 0. The summed E-state index contributed by atoms with van der Waals surface area (Å²) in [5.41, 5.74) is 2.94. The molecule has 110 valence electrons. The number of aryl methyl sites for hydroxylation is 2. The maximum atomic E-state index is 11.3. The predicted octanol–water partition coefficient (Wildman–Crippen LogP) is 2.82. The van der Waals surface area contributed by atoms with E-state index >= 15 is 0 Å². The first-order chi connectivity index (χ1) is 9.94. The average Bonchev–Trinajstić information content (AvgIpc) is 2.37. The van der Waals surface area contributed by atoms with E-state index in [4.69, 9.17) is 0 Å². The highest BCUT2D eigenvalue weighted by Crippen LogP contribution is 2.17. The minimum absolute atomic E-state index is 0.0513. The van der Waals surface area contributed by atoms with Crippen LogP contribution in [0, 0.1) is 13.8 Å². The van der Waals surface area contributed by atoms with Crippen LogP contribution in [0.1, 0.15) is 24.0 Å². The van der Waals surface area contributed by atoms with E-state index in [9.17, 15) is 4.79 Å². The van der Waals surface area contributed by atoms with E-state index in [0.29, 0.717) is 6.54 Å². The second kappa shape index (κ2) is 6.35. The van der Waals surface area contributed by atoms with Crippen molar-refractivity contribution in [3.8, 4) is 0 Å². The Labute approximate surface area is 125 Å². The first kappa shape index (κ1) is 15.0. The van der Waals surface area contributed by atoms with Gasteiger partial charge in [-0.1, -0.05) is 12.1 Å². The molecule has 2 aromatic rings. The Morgan fingerprint density at radius 1 is 1.24 bits per heavy atom. The molecule has 0 saturated heterocycles. The van der Waals surface area contributed by atoms with Crippen LogP contribution in [-0.4, -0.2) is 27.8 Å². The molecule has 0 fully saturated rings. The molecule has 5 heteroatoms. The van der Waals surface area contributed by atoms with Gasteiger partial charge in [-0.2, -0.15) is 0 Å². The predicted molar refractivity (Wildman–Crippen MR) is 83.4 cm³/mol. The average molecular weight is 284 g/mol. The van der Waals surface area contributed by atoms with Gasteiger partial charge in [0.05, 0.1) is 0 Å². The summed E-state index contributed by atoms with van der Waals surface area (Å²) in [4.78, 5) is 21.6. The number of aromatic nitrogens is 2. The molecule has 0 aliphatic rings. The third kappa shape index (κ3) is 4.27. The van der Waals surface area contributed by atoms with Gasteiger partial charge >= 0.3 is 0 Å². The Hall–Kier alpha value is -2.43. The molecule has 1 aromatic carbocycles. The number of carbonyl (C=O) groups is 1. The zero-order valence-electron chi connectivity index (χ0n) is 12.8. The van der Waals surface area contributed by atoms with Crippen LogP contribution in [0.25, 0.3) is 0 Å². The van der Waals surface area contributed by atoms with E-state index in [0.717, 1.165) is 28.6 Å². The molecule has 0 radical (unpaired) electrons. The molecule has 1 heterocycles. The third-order valence-corrected chi connectivity index (χ3v) is 3.12. The van der Waals surface area contributed by atoms with Gasteiger partial charge in [-0.05, 0) is 31.5 Å². The Bertz CT molecular complexity index is 634. The zero-order valence-corrected chi connectivity index (χ0v) is 12.8. The Morgan fingerprint density at radius 3 is 2.67 bits per heavy atom. The lowest BCUT2D eigenvalue weighted by Gasteiger charge is -2.15. The number of rotatable bonds is 4. The van der Waals surface area contributed by atoms with Gasteiger partial charge in [-0.25, -0.2) is 9.97 Å². The lowest BCUT2D eigenvalue weighted by Crippen LogP contribution is -2.22. The number of carbonyl (C=O) groups excluding carboxylic acids is 1. The molecule has 1 aromatic heterocycles. The largest absolute Gasteiger partial charge is 0.342 e. The molecule has 21 heavy (non-hydrogen) atoms. The number of nitrogens with zero attached hydrogens (tertiary/aromatic N) is 3. The number of anilines is 2. The van der Waals surface area contributed by atoms with Gasteiger partial charge in [-0.3, -0.25) is 4.79 Å². The van der Waals surface area contributed by atoms with Crippen molar-refractivity contribution >= 4 is 17.4 Å². The van der Waals surface area contributed by atoms with Gasteiger partial charge in [0.15, 0.2) is 0 Å². The molecule has 2 rings (SSSR count). The molecule has 0 aliphatic heterocycles. The third-order valence-electron chi connectivity index (χ3n) is 3.12. The number of nitrogens with one attached hydrogen (secondary N) is 1. The Kier molecular flexibility index (Phi) is 4.52. The molecule has 5 nitrogen and oxygen atoms in total. The summed E-state index contributed by atoms with van der Waals surface area (Å²) in [6.45, 7) is 5.97. The number of hydrogen-bond acceptors (Lipinski definition) is 4. The molecule has 1 amide bonds. The van der Waals surface area contributed by atoms with Crippen LogP contribution >= 0.6 is 0 Å². The van der Waals surface area contributed by atoms with Crippen LogP contribution in [0.4, 0.5) is 11.5 Å². The normalized spacial score (nSPS) is 10.3. The summed E-state index contributed by atoms with van der Waals surface area (Å²) in [6, 6.07) is 9.87. The van der Waals surface area contributed by atoms with Crippen LogP contribution in [0.5, 0.6) is 0 Å². The fraction of sp³-hybridized carbons (Fsp3) is 0.312. The smallest absolute Gasteiger partial charge is 0.219 e. The first-order valence-electron chi connectivity index (χ1n) is 6.84. The lowest BCUT2D eigenvalue weighted by atomic mass is 10.2. The van der Waals surface area contributed by atoms with Crippen molar-refractivity contribution in [3.63, 3.8) is 0 Å². The van der Waals surface area contributed by atoms with Gasteiger partial charge in [0.1, 0.15) is 11.6 Å². The summed E-state index contributed by atoms with van der Waals surface area (Å²) in [5.74, 6) is 1.57. The van der Waals surface area contributed by atoms with Crippen molar-refractivity contribution in [2.75, 3.05) is 12.4 Å². The molecule has 0 spiro atoms. The summed E-state index contributed by atoms with van der Waals surface area (Å²) in [7, 11) is 1.79. The Morgan fingerprint density at radius 2 is 2.00 bits per heavy atom. The van der Waals surface area contributed by atoms with Crippen LogP contribution in [0.2, 0.25) is 0 Å². The first-order valence-corrected chi connectivity index (χ1v) is 6.84. The lowest BCUT2D eigenvalue weighted by molar-refractivity contribution is -0.128. The topological polar surface area (TPSA) is 58.1 Å². The Balaban J connectivity index is 2.15. The second-order valence-electron chi connectivity index (χ2n) is 5.14. The highest BCUT2D eigenvalue weighted by molar-refractivity contribution is 5.72. The van der Waals surface area contributed by atoms with Gasteiger partial charge in [0, 0.05) is 38.0 Å². The fourth-order valence-electron chi connectivity index (χ4n) is 2.06. The monoisotopic (exact) mass is 284 g/mol. The molecule has 1 N–H and O–H groups in total. The van der Waals surface area contributed by atoms with Crippen molar-refractivity contribution < 1.29 is 4.79 Å². The van der Waals surface area contributed by atoms with Crippen molar-refractivity contribution in [2.24, 2.45) is 0 Å². The van der Waals surface area contributed by atoms with Gasteiger partial charge in [-0.15, -0.1) is 0 Å². The molecular formula is C16H20N4O. The van der Waals surface area contributed by atoms with Crippen LogP contribution in [-0.2, 0) is 11.3 Å². The van der Waals surface area contributed by atoms with Gasteiger partial charge in [0.2, 0.25) is 5.91 Å². The molecule has 0 saturated carbocycles. The van der Waals surface area contributed by atoms with E-state index in [1.165, 1.54) is 0 Å². The standard InChI is InChI=1S/C16H20N4O/c1-11-8-16(18-12(2)17-11)19-15-7-5-6-14(9-15)10-20(4)13(3)21/h5-9H,10H2,1-4H3,(H,17,18,19). The number of hydrogen-bond donors (Lipinski definition) is 1. The van der Waals surface area contributed by atoms with Crippen LogP contribution in [0.3, 0.4) is 0 Å². The maximum Gasteiger partial charge on any atom is 0.219 e. The maximum absolute atomic E-state index is 11.3. The second-order valence-corrected chi connectivity index (χ2v) is 5.14. The van der Waals surface area contributed by atoms with Crippen molar-refractivity contribution in [1.82, 2.24) is 14.9 Å². The molecular weight excluding hydrogens is 264 g/mol. The highest BCUT2D eigenvalue weighted by Gasteiger charge is 2.05. The molecule has 0 bridgehead atoms. The van der Waals surface area contributed by atoms with Gasteiger partial charge in [0.25, 0.3) is 0 Å². The van der Waals surface area contributed by atoms with Crippen molar-refractivity contribution in [2.45, 2.75) is 27.3 Å². The molecule has 0 unspecified atom stereocenters. The summed E-state index contributed by atoms with van der Waals surface area (Å²) < 4.78 is 0. The van der Waals surface area contributed by atoms with Gasteiger partial charge < -0.3 is 10.2 Å². The van der Waals surface area contributed by atoms with E-state index in [1.807, 2.05) is 44.2 Å². The van der Waals surface area contributed by atoms with Crippen LogP contribution in [0.15, 0.2) is 30.3 Å². The zero-order chi connectivity index (χ0) is 15.4. The molecule has 0 atom stereocenters. The van der Waals surface area contributed by atoms with Crippen molar-refractivity contribution in [1.29, 1.82) is 0 Å². The van der Waals surface area contributed by atoms with Crippen LogP contribution < -0.4 is 5.32 Å². The minimum atomic E-state index is 0.0513. The van der Waals surface area contributed by atoms with E-state index in [2.05, 4.69) is 15.3 Å². The van der Waals surface area contributed by atoms with E-state index < -0.39 is 0 Å². The number of amides is 1. The van der Waals surface area contributed by atoms with E-state index in [-0.39, 0.29) is 5.91 Å². The summed E-state index contributed by atoms with van der Waals surface area (Å²) in [5, 5.41) is 3.27. The highest BCUT2D eigenvalue weighted by atomic mass is 16.2. The fourth-order valence-corrected chi connectivity index (χ4v) is 2.06. The van der Waals surface area contributed by atoms with Crippen molar-refractivity contribution in [3.05, 3.63) is 47.4 Å². The SMILES string of the molecule is CC(=O)N(C)Cc1cccc(Nc2cc(C)nc(C)n2)c1. The number of benzene rings is 1. The molecule has 0 aliphatic carbocycles.